The number of anilines is 1. The van der Waals surface area contributed by atoms with Crippen LogP contribution in [0.4, 0.5) is 5.69 Å². The van der Waals surface area contributed by atoms with Crippen LogP contribution in [0, 0.1) is 5.92 Å². The van der Waals surface area contributed by atoms with Gasteiger partial charge in [-0.2, -0.15) is 5.10 Å². The molecule has 3 heterocycles. The first kappa shape index (κ1) is 13.0. The Labute approximate surface area is 117 Å². The van der Waals surface area contributed by atoms with Crippen LogP contribution >= 0.6 is 0 Å². The number of nitrogens with one attached hydrogen (secondary N) is 1. The number of nitrogens with two attached hydrogens (primary N) is 1. The maximum Gasteiger partial charge on any atom is 0.274 e. The summed E-state index contributed by atoms with van der Waals surface area (Å²) in [4.78, 5) is 26.3. The predicted molar refractivity (Wildman–Crippen MR) is 72.9 cm³/mol. The van der Waals surface area contributed by atoms with Crippen molar-refractivity contribution in [3.63, 3.8) is 0 Å². The molecule has 1 aromatic rings. The van der Waals surface area contributed by atoms with Crippen LogP contribution in [0.5, 0.6) is 0 Å². The van der Waals surface area contributed by atoms with Crippen LogP contribution in [0.3, 0.4) is 0 Å². The lowest BCUT2D eigenvalue weighted by atomic mass is 9.91. The molecule has 2 unspecified atom stereocenters. The largest absolute Gasteiger partial charge is 0.396 e. The Morgan fingerprint density at radius 3 is 3.15 bits per heavy atom. The van der Waals surface area contributed by atoms with Gasteiger partial charge in [0.05, 0.1) is 23.8 Å². The van der Waals surface area contributed by atoms with Crippen LogP contribution in [0.25, 0.3) is 0 Å². The predicted octanol–water partition coefficient (Wildman–Crippen LogP) is -0.164. The number of carbonyl (C=O) groups excluding carboxylic acids is 2. The van der Waals surface area contributed by atoms with Crippen LogP contribution in [-0.4, -0.2) is 45.6 Å². The highest BCUT2D eigenvalue weighted by molar-refractivity contribution is 5.98. The molecule has 0 aliphatic carbocycles. The van der Waals surface area contributed by atoms with Crippen molar-refractivity contribution in [1.29, 1.82) is 0 Å². The van der Waals surface area contributed by atoms with E-state index in [1.54, 1.807) is 9.58 Å². The van der Waals surface area contributed by atoms with Gasteiger partial charge in [0.1, 0.15) is 5.69 Å². The van der Waals surface area contributed by atoms with E-state index in [9.17, 15) is 9.59 Å². The summed E-state index contributed by atoms with van der Waals surface area (Å²) in [5.41, 5.74) is 6.71. The van der Waals surface area contributed by atoms with Crippen molar-refractivity contribution in [2.75, 3.05) is 18.8 Å². The fourth-order valence-electron chi connectivity index (χ4n) is 3.21. The van der Waals surface area contributed by atoms with Crippen LogP contribution in [0.15, 0.2) is 6.20 Å². The number of hydrogen-bond acceptors (Lipinski definition) is 4. The summed E-state index contributed by atoms with van der Waals surface area (Å²) in [6.45, 7) is 3.72. The number of piperidine rings is 1. The molecule has 0 saturated carbocycles. The number of likely N-dealkylation sites (tertiary alicyclic amines) is 1. The first-order chi connectivity index (χ1) is 9.63. The molecule has 0 radical (unpaired) electrons. The summed E-state index contributed by atoms with van der Waals surface area (Å²) in [7, 11) is 0. The molecule has 2 atom stereocenters. The highest BCUT2D eigenvalue weighted by Gasteiger charge is 2.43. The molecule has 2 fully saturated rings. The van der Waals surface area contributed by atoms with Gasteiger partial charge < -0.3 is 16.0 Å². The van der Waals surface area contributed by atoms with Gasteiger partial charge in [-0.05, 0) is 19.8 Å². The first-order valence-electron chi connectivity index (χ1n) is 7.03. The lowest BCUT2D eigenvalue weighted by Gasteiger charge is -2.36. The summed E-state index contributed by atoms with van der Waals surface area (Å²) in [6, 6.07) is -0.0524. The molecule has 20 heavy (non-hydrogen) atoms. The van der Waals surface area contributed by atoms with E-state index in [4.69, 9.17) is 5.73 Å². The standard InChI is InChI=1S/C13H19N5O2/c1-2-18-11(9(14)6-16-18)13(20)17-5-3-4-8-10(17)7-15-12(8)19/h6,8,10H,2-5,7,14H2,1H3,(H,15,19). The molecular weight excluding hydrogens is 258 g/mol. The summed E-state index contributed by atoms with van der Waals surface area (Å²) in [6.07, 6.45) is 3.21. The van der Waals surface area contributed by atoms with Crippen molar-refractivity contribution in [2.24, 2.45) is 5.92 Å². The molecule has 7 nitrogen and oxygen atoms in total. The Kier molecular flexibility index (Phi) is 3.11. The quantitative estimate of drug-likeness (QED) is 0.785. The Morgan fingerprint density at radius 1 is 1.60 bits per heavy atom. The van der Waals surface area contributed by atoms with Crippen LogP contribution in [0.2, 0.25) is 0 Å². The van der Waals surface area contributed by atoms with Gasteiger partial charge in [-0.25, -0.2) is 0 Å². The third kappa shape index (κ3) is 1.85. The molecule has 3 N–H and O–H groups in total. The van der Waals surface area contributed by atoms with E-state index >= 15 is 0 Å². The summed E-state index contributed by atoms with van der Waals surface area (Å²) >= 11 is 0. The topological polar surface area (TPSA) is 93.2 Å². The number of hydrogen-bond donors (Lipinski definition) is 2. The van der Waals surface area contributed by atoms with Gasteiger partial charge in [0.2, 0.25) is 5.91 Å². The zero-order valence-corrected chi connectivity index (χ0v) is 11.5. The zero-order valence-electron chi connectivity index (χ0n) is 11.5. The number of carbonyl (C=O) groups is 2. The SMILES string of the molecule is CCn1ncc(N)c1C(=O)N1CCCC2C(=O)NCC21. The molecule has 2 amide bonds. The number of fused-ring (bicyclic) bond motifs is 1. The highest BCUT2D eigenvalue weighted by atomic mass is 16.2. The van der Waals surface area contributed by atoms with E-state index in [0.717, 1.165) is 12.8 Å². The fourth-order valence-corrected chi connectivity index (χ4v) is 3.21. The molecule has 2 saturated heterocycles. The molecule has 1 aromatic heterocycles. The minimum atomic E-state index is -0.118. The molecule has 2 aliphatic heterocycles. The van der Waals surface area contributed by atoms with Crippen LogP contribution < -0.4 is 11.1 Å². The second kappa shape index (κ2) is 4.81. The van der Waals surface area contributed by atoms with Crippen molar-refractivity contribution >= 4 is 17.5 Å². The van der Waals surface area contributed by atoms with E-state index < -0.39 is 0 Å². The average molecular weight is 277 g/mol. The van der Waals surface area contributed by atoms with Gasteiger partial charge in [0.15, 0.2) is 0 Å². The Morgan fingerprint density at radius 2 is 2.40 bits per heavy atom. The molecule has 0 bridgehead atoms. The summed E-state index contributed by atoms with van der Waals surface area (Å²) in [5.74, 6) is -0.135. The van der Waals surface area contributed by atoms with Crippen molar-refractivity contribution in [2.45, 2.75) is 32.4 Å². The Hall–Kier alpha value is -2.05. The van der Waals surface area contributed by atoms with Crippen molar-refractivity contribution in [3.05, 3.63) is 11.9 Å². The van der Waals surface area contributed by atoms with Gasteiger partial charge in [-0.1, -0.05) is 0 Å². The molecule has 2 aliphatic rings. The van der Waals surface area contributed by atoms with E-state index in [1.807, 2.05) is 6.92 Å². The fraction of sp³-hybridized carbons (Fsp3) is 0.615. The molecular formula is C13H19N5O2. The number of aromatic nitrogens is 2. The number of nitrogen functional groups attached to an aromatic ring is 1. The first-order valence-corrected chi connectivity index (χ1v) is 7.03. The number of aryl methyl sites for hydroxylation is 1. The summed E-state index contributed by atoms with van der Waals surface area (Å²) < 4.78 is 1.62. The maximum atomic E-state index is 12.8. The monoisotopic (exact) mass is 277 g/mol. The van der Waals surface area contributed by atoms with Gasteiger partial charge in [0.25, 0.3) is 5.91 Å². The minimum absolute atomic E-state index is 0.0524. The van der Waals surface area contributed by atoms with Gasteiger partial charge in [-0.15, -0.1) is 0 Å². The third-order valence-electron chi connectivity index (χ3n) is 4.23. The van der Waals surface area contributed by atoms with E-state index in [1.165, 1.54) is 6.20 Å². The molecule has 0 spiro atoms. The number of rotatable bonds is 2. The molecule has 108 valence electrons. The average Bonchev–Trinajstić information content (AvgIpc) is 3.01. The normalized spacial score (nSPS) is 25.4. The third-order valence-corrected chi connectivity index (χ3v) is 4.23. The second-order valence-electron chi connectivity index (χ2n) is 5.32. The van der Waals surface area contributed by atoms with Crippen LogP contribution in [0.1, 0.15) is 30.3 Å². The van der Waals surface area contributed by atoms with Crippen molar-refractivity contribution in [3.8, 4) is 0 Å². The van der Waals surface area contributed by atoms with Gasteiger partial charge >= 0.3 is 0 Å². The van der Waals surface area contributed by atoms with Crippen molar-refractivity contribution < 1.29 is 9.59 Å². The second-order valence-corrected chi connectivity index (χ2v) is 5.32. The minimum Gasteiger partial charge on any atom is -0.396 e. The number of amides is 2. The van der Waals surface area contributed by atoms with E-state index in [2.05, 4.69) is 10.4 Å². The smallest absolute Gasteiger partial charge is 0.274 e. The van der Waals surface area contributed by atoms with Crippen molar-refractivity contribution in [1.82, 2.24) is 20.0 Å². The highest BCUT2D eigenvalue weighted by Crippen LogP contribution is 2.29. The number of nitrogens with zero attached hydrogens (tertiary/aromatic N) is 3. The van der Waals surface area contributed by atoms with E-state index in [-0.39, 0.29) is 23.8 Å². The van der Waals surface area contributed by atoms with Crippen LogP contribution in [-0.2, 0) is 11.3 Å². The van der Waals surface area contributed by atoms with E-state index in [0.29, 0.717) is 31.0 Å². The van der Waals surface area contributed by atoms with Gasteiger partial charge in [-0.3, -0.25) is 14.3 Å². The lowest BCUT2D eigenvalue weighted by Crippen LogP contribution is -2.49. The maximum absolute atomic E-state index is 12.8. The summed E-state index contributed by atoms with van der Waals surface area (Å²) in [5, 5.41) is 6.96. The lowest BCUT2D eigenvalue weighted by molar-refractivity contribution is -0.123. The Bertz CT molecular complexity index is 553. The molecule has 0 aromatic carbocycles. The van der Waals surface area contributed by atoms with Gasteiger partial charge in [0, 0.05) is 19.6 Å². The Balaban J connectivity index is 1.90. The molecule has 3 rings (SSSR count). The zero-order chi connectivity index (χ0) is 14.3. The molecule has 7 heteroatoms.